The number of hydrogen-bond donors (Lipinski definition) is 6. The zero-order valence-electron chi connectivity index (χ0n) is 15.7. The van der Waals surface area contributed by atoms with E-state index in [1.165, 1.54) is 0 Å². The first kappa shape index (κ1) is 19.2. The summed E-state index contributed by atoms with van der Waals surface area (Å²) in [4.78, 5) is 18.0. The summed E-state index contributed by atoms with van der Waals surface area (Å²) in [6, 6.07) is 14.2. The Morgan fingerprint density at radius 1 is 1.03 bits per heavy atom. The van der Waals surface area contributed by atoms with Gasteiger partial charge >= 0.3 is 5.97 Å². The molecule has 2 heterocycles. The molecule has 3 atom stereocenters. The molecule has 2 aromatic carbocycles. The number of H-pyrrole nitrogens is 2. The summed E-state index contributed by atoms with van der Waals surface area (Å²) in [5, 5.41) is 31.7. The van der Waals surface area contributed by atoms with Gasteiger partial charge in [0.05, 0.1) is 18.6 Å². The second-order valence-corrected chi connectivity index (χ2v) is 7.23. The average molecular weight is 393 g/mol. The fourth-order valence-corrected chi connectivity index (χ4v) is 4.03. The minimum atomic E-state index is -1.09. The summed E-state index contributed by atoms with van der Waals surface area (Å²) in [6.45, 7) is -0.441. The number of para-hydroxylation sites is 2. The van der Waals surface area contributed by atoms with Crippen molar-refractivity contribution >= 4 is 27.8 Å². The summed E-state index contributed by atoms with van der Waals surface area (Å²) in [7, 11) is 0. The van der Waals surface area contributed by atoms with E-state index in [4.69, 9.17) is 5.73 Å². The van der Waals surface area contributed by atoms with Gasteiger partial charge in [-0.3, -0.25) is 4.79 Å². The van der Waals surface area contributed by atoms with Gasteiger partial charge in [0, 0.05) is 40.1 Å². The first-order valence-electron chi connectivity index (χ1n) is 9.44. The Morgan fingerprint density at radius 2 is 1.69 bits per heavy atom. The molecule has 7 nitrogen and oxygen atoms in total. The quantitative estimate of drug-likeness (QED) is 0.286. The van der Waals surface area contributed by atoms with Gasteiger partial charge < -0.3 is 31.0 Å². The summed E-state index contributed by atoms with van der Waals surface area (Å²) in [5.41, 5.74) is 9.81. The molecule has 2 aromatic heterocycles. The van der Waals surface area contributed by atoms with E-state index in [-0.39, 0.29) is 6.42 Å². The van der Waals surface area contributed by atoms with Crippen LogP contribution in [0.4, 0.5) is 0 Å². The number of aromatic nitrogens is 2. The predicted octanol–water partition coefficient (Wildman–Crippen LogP) is 2.09. The Balaban J connectivity index is 1.94. The van der Waals surface area contributed by atoms with E-state index in [0.29, 0.717) is 5.69 Å². The number of aliphatic hydroxyl groups is 2. The third kappa shape index (κ3) is 3.40. The van der Waals surface area contributed by atoms with Crippen LogP contribution in [0.5, 0.6) is 0 Å². The maximum absolute atomic E-state index is 11.4. The van der Waals surface area contributed by atoms with E-state index in [0.717, 1.165) is 32.9 Å². The highest BCUT2D eigenvalue weighted by atomic mass is 16.4. The molecule has 0 aliphatic rings. The van der Waals surface area contributed by atoms with Gasteiger partial charge in [0.2, 0.25) is 0 Å². The Hall–Kier alpha value is -3.13. The van der Waals surface area contributed by atoms with E-state index in [1.807, 2.05) is 54.7 Å². The van der Waals surface area contributed by atoms with E-state index in [9.17, 15) is 20.1 Å². The van der Waals surface area contributed by atoms with Crippen LogP contribution < -0.4 is 5.73 Å². The number of nitrogens with two attached hydrogens (primary N) is 1. The summed E-state index contributed by atoms with van der Waals surface area (Å²) in [6.07, 6.45) is 0.842. The number of aliphatic hydroxyl groups excluding tert-OH is 2. The fraction of sp³-hybridized carbons (Fsp3) is 0.227. The molecule has 0 aliphatic heterocycles. The van der Waals surface area contributed by atoms with Crippen molar-refractivity contribution in [2.75, 3.05) is 6.61 Å². The second-order valence-electron chi connectivity index (χ2n) is 7.23. The van der Waals surface area contributed by atoms with Crippen LogP contribution in [-0.4, -0.2) is 50.0 Å². The highest BCUT2D eigenvalue weighted by Crippen LogP contribution is 2.37. The second kappa shape index (κ2) is 7.71. The summed E-state index contributed by atoms with van der Waals surface area (Å²) >= 11 is 0. The molecule has 0 radical (unpaired) electrons. The Labute approximate surface area is 166 Å². The average Bonchev–Trinajstić information content (AvgIpc) is 3.30. The standard InChI is InChI=1S/C22H23N3O4/c23-16(22(28)29)9-14-12-5-2-4-8-18(12)25-21(14)20(19(27)11-26)15-10-24-17-7-3-1-6-13(15)17/h1-8,10,16,19-20,24-27H,9,11,23H2,(H,28,29). The number of aromatic amines is 2. The van der Waals surface area contributed by atoms with Crippen molar-refractivity contribution in [3.8, 4) is 0 Å². The summed E-state index contributed by atoms with van der Waals surface area (Å²) < 4.78 is 0. The number of hydrogen-bond acceptors (Lipinski definition) is 4. The van der Waals surface area contributed by atoms with Gasteiger partial charge in [-0.15, -0.1) is 0 Å². The van der Waals surface area contributed by atoms with Gasteiger partial charge in [-0.05, 0) is 23.3 Å². The van der Waals surface area contributed by atoms with Crippen LogP contribution in [0.3, 0.4) is 0 Å². The molecule has 7 heteroatoms. The number of carbonyl (C=O) groups is 1. The predicted molar refractivity (Wildman–Crippen MR) is 111 cm³/mol. The number of nitrogens with one attached hydrogen (secondary N) is 2. The lowest BCUT2D eigenvalue weighted by Crippen LogP contribution is -2.33. The van der Waals surface area contributed by atoms with Gasteiger partial charge in [-0.1, -0.05) is 36.4 Å². The van der Waals surface area contributed by atoms with Crippen molar-refractivity contribution in [2.24, 2.45) is 5.73 Å². The lowest BCUT2D eigenvalue weighted by atomic mass is 9.86. The van der Waals surface area contributed by atoms with Crippen LogP contribution in [0.25, 0.3) is 21.8 Å². The molecule has 150 valence electrons. The normalized spacial score (nSPS) is 14.9. The van der Waals surface area contributed by atoms with Gasteiger partial charge in [0.1, 0.15) is 6.04 Å². The molecule has 7 N–H and O–H groups in total. The number of rotatable bonds is 7. The van der Waals surface area contributed by atoms with Crippen molar-refractivity contribution < 1.29 is 20.1 Å². The van der Waals surface area contributed by atoms with Crippen LogP contribution in [-0.2, 0) is 11.2 Å². The number of carboxylic acids is 1. The maximum Gasteiger partial charge on any atom is 0.320 e. The zero-order valence-corrected chi connectivity index (χ0v) is 15.7. The van der Waals surface area contributed by atoms with Crippen LogP contribution >= 0.6 is 0 Å². The lowest BCUT2D eigenvalue weighted by Gasteiger charge is -2.23. The molecule has 29 heavy (non-hydrogen) atoms. The van der Waals surface area contributed by atoms with Gasteiger partial charge in [-0.25, -0.2) is 0 Å². The van der Waals surface area contributed by atoms with E-state index < -0.39 is 30.6 Å². The molecule has 0 saturated heterocycles. The largest absolute Gasteiger partial charge is 0.480 e. The topological polar surface area (TPSA) is 135 Å². The molecule has 0 bridgehead atoms. The van der Waals surface area contributed by atoms with Crippen molar-refractivity contribution in [1.29, 1.82) is 0 Å². The van der Waals surface area contributed by atoms with Crippen molar-refractivity contribution in [2.45, 2.75) is 24.5 Å². The van der Waals surface area contributed by atoms with Crippen molar-refractivity contribution in [3.63, 3.8) is 0 Å². The van der Waals surface area contributed by atoms with Gasteiger partial charge in [-0.2, -0.15) is 0 Å². The smallest absolute Gasteiger partial charge is 0.320 e. The monoisotopic (exact) mass is 393 g/mol. The lowest BCUT2D eigenvalue weighted by molar-refractivity contribution is -0.138. The minimum Gasteiger partial charge on any atom is -0.480 e. The maximum atomic E-state index is 11.4. The number of fused-ring (bicyclic) bond motifs is 2. The first-order chi connectivity index (χ1) is 14.0. The third-order valence-corrected chi connectivity index (χ3v) is 5.43. The molecule has 4 aromatic rings. The zero-order chi connectivity index (χ0) is 20.5. The van der Waals surface area contributed by atoms with Crippen LogP contribution in [0.2, 0.25) is 0 Å². The molecule has 0 aliphatic carbocycles. The molecular weight excluding hydrogens is 370 g/mol. The molecule has 0 saturated carbocycles. The Kier molecular flexibility index (Phi) is 5.10. The number of carboxylic acid groups (broad SMARTS) is 1. The molecule has 0 fully saturated rings. The third-order valence-electron chi connectivity index (χ3n) is 5.43. The highest BCUT2D eigenvalue weighted by molar-refractivity contribution is 5.88. The SMILES string of the molecule is NC(Cc1c(C(c2c[nH]c3ccccc23)C(O)CO)[nH]c2ccccc12)C(=O)O. The van der Waals surface area contributed by atoms with E-state index >= 15 is 0 Å². The van der Waals surface area contributed by atoms with Crippen LogP contribution in [0, 0.1) is 0 Å². The molecule has 3 unspecified atom stereocenters. The van der Waals surface area contributed by atoms with Gasteiger partial charge in [0.15, 0.2) is 0 Å². The summed E-state index contributed by atoms with van der Waals surface area (Å²) in [5.74, 6) is -1.67. The highest BCUT2D eigenvalue weighted by Gasteiger charge is 2.31. The number of benzene rings is 2. The molecular formula is C22H23N3O4. The van der Waals surface area contributed by atoms with Crippen LogP contribution in [0.1, 0.15) is 22.7 Å². The van der Waals surface area contributed by atoms with E-state index in [1.54, 1.807) is 0 Å². The Bertz CT molecular complexity index is 1160. The van der Waals surface area contributed by atoms with E-state index in [2.05, 4.69) is 9.97 Å². The molecule has 0 amide bonds. The van der Waals surface area contributed by atoms with Crippen molar-refractivity contribution in [3.05, 3.63) is 71.5 Å². The van der Waals surface area contributed by atoms with Gasteiger partial charge in [0.25, 0.3) is 0 Å². The molecule has 0 spiro atoms. The molecule has 4 rings (SSSR count). The van der Waals surface area contributed by atoms with Crippen molar-refractivity contribution in [1.82, 2.24) is 9.97 Å². The first-order valence-corrected chi connectivity index (χ1v) is 9.44. The Morgan fingerprint density at radius 3 is 2.38 bits per heavy atom. The van der Waals surface area contributed by atoms with Crippen LogP contribution in [0.15, 0.2) is 54.7 Å². The number of aliphatic carboxylic acids is 1. The minimum absolute atomic E-state index is 0.103. The fourth-order valence-electron chi connectivity index (χ4n) is 4.03.